The van der Waals surface area contributed by atoms with Crippen molar-refractivity contribution < 1.29 is 22.6 Å². The normalized spacial score (nSPS) is 11.7. The van der Waals surface area contributed by atoms with Crippen LogP contribution in [-0.4, -0.2) is 19.2 Å². The van der Waals surface area contributed by atoms with Crippen molar-refractivity contribution in [1.82, 2.24) is 4.98 Å². The Labute approximate surface area is 113 Å². The number of halogens is 3. The van der Waals surface area contributed by atoms with Crippen LogP contribution in [-0.2, 0) is 6.18 Å². The summed E-state index contributed by atoms with van der Waals surface area (Å²) in [4.78, 5) is 3.67. The Morgan fingerprint density at radius 1 is 1.15 bits per heavy atom. The second kappa shape index (κ2) is 4.73. The average molecular weight is 286 g/mol. The second-order valence-electron chi connectivity index (χ2n) is 4.22. The molecule has 108 valence electrons. The van der Waals surface area contributed by atoms with Gasteiger partial charge in [0, 0.05) is 22.7 Å². The summed E-state index contributed by atoms with van der Waals surface area (Å²) < 4.78 is 49.0. The van der Waals surface area contributed by atoms with E-state index in [1.807, 2.05) is 0 Å². The summed E-state index contributed by atoms with van der Waals surface area (Å²) in [7, 11) is 2.79. The Morgan fingerprint density at radius 2 is 1.80 bits per heavy atom. The first-order chi connectivity index (χ1) is 9.29. The molecule has 20 heavy (non-hydrogen) atoms. The lowest BCUT2D eigenvalue weighted by Crippen LogP contribution is -2.13. The van der Waals surface area contributed by atoms with Gasteiger partial charge < -0.3 is 15.2 Å². The van der Waals surface area contributed by atoms with E-state index in [-0.39, 0.29) is 22.5 Å². The highest BCUT2D eigenvalue weighted by molar-refractivity contribution is 5.96. The van der Waals surface area contributed by atoms with Gasteiger partial charge >= 0.3 is 6.18 Å². The summed E-state index contributed by atoms with van der Waals surface area (Å²) in [5, 5.41) is 0.367. The maximum absolute atomic E-state index is 13.0. The lowest BCUT2D eigenvalue weighted by Gasteiger charge is -2.16. The van der Waals surface area contributed by atoms with E-state index in [1.54, 1.807) is 0 Å². The fraction of sp³-hybridized carbons (Fsp3) is 0.308. The minimum absolute atomic E-state index is 0.0134. The first-order valence-electron chi connectivity index (χ1n) is 5.68. The molecule has 1 aromatic carbocycles. The Kier molecular flexibility index (Phi) is 3.37. The molecule has 0 saturated carbocycles. The number of nitrogens with two attached hydrogens (primary N) is 1. The van der Waals surface area contributed by atoms with E-state index in [1.165, 1.54) is 33.3 Å². The predicted octanol–water partition coefficient (Wildman–Crippen LogP) is 3.16. The number of nitrogens with zero attached hydrogens (tertiary/aromatic N) is 1. The van der Waals surface area contributed by atoms with Crippen LogP contribution in [0.2, 0.25) is 0 Å². The molecule has 0 atom stereocenters. The number of hydrogen-bond donors (Lipinski definition) is 1. The molecule has 4 nitrogen and oxygen atoms in total. The van der Waals surface area contributed by atoms with Gasteiger partial charge in [-0.3, -0.25) is 0 Å². The van der Waals surface area contributed by atoms with Gasteiger partial charge in [0.1, 0.15) is 22.7 Å². The van der Waals surface area contributed by atoms with Gasteiger partial charge in [-0.2, -0.15) is 13.2 Å². The van der Waals surface area contributed by atoms with E-state index in [9.17, 15) is 13.2 Å². The zero-order valence-corrected chi connectivity index (χ0v) is 11.1. The fourth-order valence-electron chi connectivity index (χ4n) is 1.98. The number of aromatic nitrogens is 1. The number of benzene rings is 1. The summed E-state index contributed by atoms with van der Waals surface area (Å²) in [5.74, 6) is 0.610. The molecular weight excluding hydrogens is 273 g/mol. The summed E-state index contributed by atoms with van der Waals surface area (Å²) in [6.45, 7) is 1.29. The molecule has 0 aliphatic heterocycles. The van der Waals surface area contributed by atoms with Crippen molar-refractivity contribution in [2.45, 2.75) is 13.1 Å². The third kappa shape index (κ3) is 2.19. The summed E-state index contributed by atoms with van der Waals surface area (Å²) >= 11 is 0. The number of hydrogen-bond acceptors (Lipinski definition) is 4. The molecule has 0 aliphatic carbocycles. The Bertz CT molecular complexity index is 669. The fourth-order valence-corrected chi connectivity index (χ4v) is 1.98. The molecule has 2 rings (SSSR count). The molecule has 0 saturated heterocycles. The van der Waals surface area contributed by atoms with Crippen LogP contribution in [0.1, 0.15) is 11.3 Å². The van der Waals surface area contributed by atoms with E-state index in [2.05, 4.69) is 4.98 Å². The number of pyridine rings is 1. The van der Waals surface area contributed by atoms with Crippen molar-refractivity contribution in [2.75, 3.05) is 20.0 Å². The average Bonchev–Trinajstić information content (AvgIpc) is 2.40. The van der Waals surface area contributed by atoms with Crippen LogP contribution >= 0.6 is 0 Å². The third-order valence-corrected chi connectivity index (χ3v) is 3.05. The summed E-state index contributed by atoms with van der Waals surface area (Å²) in [6.07, 6.45) is -4.57. The zero-order chi connectivity index (χ0) is 15.1. The number of methoxy groups -OCH3 is 2. The zero-order valence-electron chi connectivity index (χ0n) is 11.1. The number of anilines is 1. The predicted molar refractivity (Wildman–Crippen MR) is 69.0 cm³/mol. The van der Waals surface area contributed by atoms with E-state index in [0.717, 1.165) is 0 Å². The molecule has 1 aromatic heterocycles. The lowest BCUT2D eigenvalue weighted by molar-refractivity contribution is -0.141. The Hall–Kier alpha value is -2.18. The van der Waals surface area contributed by atoms with E-state index in [0.29, 0.717) is 11.1 Å². The number of ether oxygens (including phenoxy) is 2. The van der Waals surface area contributed by atoms with Crippen molar-refractivity contribution in [1.29, 1.82) is 0 Å². The van der Waals surface area contributed by atoms with Gasteiger partial charge in [0.25, 0.3) is 0 Å². The largest absolute Gasteiger partial charge is 0.497 e. The van der Waals surface area contributed by atoms with Crippen LogP contribution in [0.5, 0.6) is 11.5 Å². The smallest absolute Gasteiger partial charge is 0.433 e. The molecule has 1 heterocycles. The van der Waals surface area contributed by atoms with E-state index in [4.69, 9.17) is 15.2 Å². The van der Waals surface area contributed by atoms with Crippen LogP contribution in [0, 0.1) is 6.92 Å². The molecule has 0 radical (unpaired) electrons. The SMILES string of the molecule is COc1cc(OC)c2nc(C(F)(F)F)c(C)c(N)c2c1. The van der Waals surface area contributed by atoms with E-state index >= 15 is 0 Å². The molecule has 0 amide bonds. The highest BCUT2D eigenvalue weighted by Gasteiger charge is 2.36. The van der Waals surface area contributed by atoms with Gasteiger partial charge in [-0.1, -0.05) is 0 Å². The van der Waals surface area contributed by atoms with Crippen LogP contribution < -0.4 is 15.2 Å². The molecular formula is C13H13F3N2O2. The maximum Gasteiger partial charge on any atom is 0.433 e. The molecule has 0 aliphatic rings. The topological polar surface area (TPSA) is 57.4 Å². The van der Waals surface area contributed by atoms with Crippen molar-refractivity contribution in [3.05, 3.63) is 23.4 Å². The molecule has 2 aromatic rings. The quantitative estimate of drug-likeness (QED) is 0.921. The maximum atomic E-state index is 13.0. The van der Waals surface area contributed by atoms with E-state index < -0.39 is 11.9 Å². The monoisotopic (exact) mass is 286 g/mol. The van der Waals surface area contributed by atoms with Gasteiger partial charge in [-0.15, -0.1) is 0 Å². The van der Waals surface area contributed by atoms with Crippen molar-refractivity contribution in [3.63, 3.8) is 0 Å². The highest BCUT2D eigenvalue weighted by Crippen LogP contribution is 2.39. The third-order valence-electron chi connectivity index (χ3n) is 3.05. The Morgan fingerprint density at radius 3 is 2.30 bits per heavy atom. The highest BCUT2D eigenvalue weighted by atomic mass is 19.4. The molecule has 7 heteroatoms. The number of fused-ring (bicyclic) bond motifs is 1. The molecule has 0 fully saturated rings. The van der Waals surface area contributed by atoms with Crippen LogP contribution in [0.3, 0.4) is 0 Å². The first kappa shape index (κ1) is 14.2. The van der Waals surface area contributed by atoms with Gasteiger partial charge in [0.05, 0.1) is 14.2 Å². The van der Waals surface area contributed by atoms with Crippen molar-refractivity contribution in [3.8, 4) is 11.5 Å². The Balaban J connectivity index is 2.90. The molecule has 0 unspecified atom stereocenters. The lowest BCUT2D eigenvalue weighted by atomic mass is 10.1. The number of alkyl halides is 3. The van der Waals surface area contributed by atoms with Gasteiger partial charge in [0.2, 0.25) is 0 Å². The van der Waals surface area contributed by atoms with Gasteiger partial charge in [0.15, 0.2) is 0 Å². The van der Waals surface area contributed by atoms with Gasteiger partial charge in [-0.25, -0.2) is 4.98 Å². The van der Waals surface area contributed by atoms with Crippen molar-refractivity contribution >= 4 is 16.6 Å². The van der Waals surface area contributed by atoms with Crippen molar-refractivity contribution in [2.24, 2.45) is 0 Å². The summed E-state index contributed by atoms with van der Waals surface area (Å²) in [6, 6.07) is 3.00. The molecule has 0 bridgehead atoms. The minimum Gasteiger partial charge on any atom is -0.497 e. The minimum atomic E-state index is -4.57. The van der Waals surface area contributed by atoms with Crippen LogP contribution in [0.4, 0.5) is 18.9 Å². The van der Waals surface area contributed by atoms with Gasteiger partial charge in [-0.05, 0) is 13.0 Å². The first-order valence-corrected chi connectivity index (χ1v) is 5.68. The summed E-state index contributed by atoms with van der Waals surface area (Å²) in [5.41, 5.74) is 4.77. The standard InChI is InChI=1S/C13H13F3N2O2/c1-6-10(17)8-4-7(19-2)5-9(20-3)11(8)18-12(6)13(14,15)16/h4-5H,1-3H3,(H2,17,18). The molecule has 2 N–H and O–H groups in total. The van der Waals surface area contributed by atoms with Crippen LogP contribution in [0.25, 0.3) is 10.9 Å². The number of rotatable bonds is 2. The molecule has 0 spiro atoms. The van der Waals surface area contributed by atoms with Crippen LogP contribution in [0.15, 0.2) is 12.1 Å². The second-order valence-corrected chi connectivity index (χ2v) is 4.22. The number of nitrogen functional groups attached to an aromatic ring is 1.